The fourth-order valence-corrected chi connectivity index (χ4v) is 1.98. The normalized spacial score (nSPS) is 10.3. The zero-order valence-corrected chi connectivity index (χ0v) is 12.3. The number of benzene rings is 1. The molecular formula is C17H21N3O. The number of aromatic nitrogens is 1. The molecule has 2 aromatic rings. The number of carbonyl (C=O) groups excluding carboxylic acids is 1. The number of carbonyl (C=O) groups is 1. The summed E-state index contributed by atoms with van der Waals surface area (Å²) in [5, 5.41) is 1.65. The van der Waals surface area contributed by atoms with Crippen molar-refractivity contribution in [3.05, 3.63) is 66.0 Å². The van der Waals surface area contributed by atoms with Crippen molar-refractivity contribution in [2.24, 2.45) is 0 Å². The van der Waals surface area contributed by atoms with Crippen LogP contribution in [0.1, 0.15) is 35.8 Å². The third-order valence-corrected chi connectivity index (χ3v) is 3.15. The summed E-state index contributed by atoms with van der Waals surface area (Å²) in [6.07, 6.45) is 3.86. The SMILES string of the molecule is CCCCNN(Cc1ccccn1)C(=O)c1ccccc1. The number of hydrogen-bond acceptors (Lipinski definition) is 3. The highest BCUT2D eigenvalue weighted by molar-refractivity contribution is 5.93. The zero-order valence-electron chi connectivity index (χ0n) is 12.3. The molecule has 4 heteroatoms. The summed E-state index contributed by atoms with van der Waals surface area (Å²) in [7, 11) is 0. The smallest absolute Gasteiger partial charge is 0.268 e. The Bertz CT molecular complexity index is 542. The zero-order chi connectivity index (χ0) is 14.9. The molecule has 1 N–H and O–H groups in total. The highest BCUT2D eigenvalue weighted by Crippen LogP contribution is 2.07. The molecule has 0 aliphatic heterocycles. The van der Waals surface area contributed by atoms with Crippen molar-refractivity contribution in [1.82, 2.24) is 15.4 Å². The molecule has 1 aromatic carbocycles. The third kappa shape index (κ3) is 4.68. The predicted octanol–water partition coefficient (Wildman–Crippen LogP) is 3.03. The van der Waals surface area contributed by atoms with Gasteiger partial charge in [-0.3, -0.25) is 14.8 Å². The lowest BCUT2D eigenvalue weighted by atomic mass is 10.2. The van der Waals surface area contributed by atoms with Crippen molar-refractivity contribution in [3.8, 4) is 0 Å². The van der Waals surface area contributed by atoms with Crippen molar-refractivity contribution in [3.63, 3.8) is 0 Å². The second-order valence-corrected chi connectivity index (χ2v) is 4.84. The number of nitrogens with zero attached hydrogens (tertiary/aromatic N) is 2. The Balaban J connectivity index is 2.09. The molecule has 0 atom stereocenters. The molecule has 1 aromatic heterocycles. The fourth-order valence-electron chi connectivity index (χ4n) is 1.98. The average Bonchev–Trinajstić information content (AvgIpc) is 2.55. The first-order chi connectivity index (χ1) is 10.3. The molecule has 1 heterocycles. The van der Waals surface area contributed by atoms with Gasteiger partial charge in [-0.15, -0.1) is 0 Å². The van der Waals surface area contributed by atoms with Crippen molar-refractivity contribution in [2.75, 3.05) is 6.54 Å². The van der Waals surface area contributed by atoms with Crippen molar-refractivity contribution in [1.29, 1.82) is 0 Å². The van der Waals surface area contributed by atoms with Crippen LogP contribution in [0, 0.1) is 0 Å². The summed E-state index contributed by atoms with van der Waals surface area (Å²) in [5.41, 5.74) is 4.76. The van der Waals surface area contributed by atoms with Gasteiger partial charge in [-0.25, -0.2) is 5.43 Å². The maximum absolute atomic E-state index is 12.6. The number of amides is 1. The maximum Gasteiger partial charge on any atom is 0.268 e. The first kappa shape index (κ1) is 15.2. The van der Waals surface area contributed by atoms with Gasteiger partial charge in [0.15, 0.2) is 0 Å². The molecule has 1 amide bonds. The molecule has 2 rings (SSSR count). The Hall–Kier alpha value is -2.20. The molecule has 0 fully saturated rings. The van der Waals surface area contributed by atoms with Crippen LogP contribution in [-0.2, 0) is 6.54 Å². The van der Waals surface area contributed by atoms with Crippen molar-refractivity contribution in [2.45, 2.75) is 26.3 Å². The van der Waals surface area contributed by atoms with Crippen molar-refractivity contribution < 1.29 is 4.79 Å². The molecular weight excluding hydrogens is 262 g/mol. The Kier molecular flexibility index (Phi) is 5.91. The number of nitrogens with one attached hydrogen (secondary N) is 1. The number of rotatable bonds is 7. The quantitative estimate of drug-likeness (QED) is 0.627. The van der Waals surface area contributed by atoms with Gasteiger partial charge in [-0.2, -0.15) is 0 Å². The predicted molar refractivity (Wildman–Crippen MR) is 83.5 cm³/mol. The lowest BCUT2D eigenvalue weighted by Gasteiger charge is -2.23. The van der Waals surface area contributed by atoms with E-state index in [1.165, 1.54) is 0 Å². The number of hydrogen-bond donors (Lipinski definition) is 1. The van der Waals surface area contributed by atoms with Gasteiger partial charge in [0.1, 0.15) is 0 Å². The molecule has 0 spiro atoms. The van der Waals surface area contributed by atoms with Gasteiger partial charge in [-0.1, -0.05) is 37.6 Å². The highest BCUT2D eigenvalue weighted by atomic mass is 16.2. The summed E-state index contributed by atoms with van der Waals surface area (Å²) in [4.78, 5) is 16.9. The Morgan fingerprint density at radius 1 is 1.14 bits per heavy atom. The van der Waals surface area contributed by atoms with Crippen molar-refractivity contribution >= 4 is 5.91 Å². The summed E-state index contributed by atoms with van der Waals surface area (Å²) in [6, 6.07) is 15.0. The minimum Gasteiger partial charge on any atom is -0.268 e. The van der Waals surface area contributed by atoms with E-state index in [-0.39, 0.29) is 5.91 Å². The van der Waals surface area contributed by atoms with Gasteiger partial charge in [0.25, 0.3) is 5.91 Å². The lowest BCUT2D eigenvalue weighted by Crippen LogP contribution is -2.43. The van der Waals surface area contributed by atoms with Gasteiger partial charge in [0, 0.05) is 18.3 Å². The second-order valence-electron chi connectivity index (χ2n) is 4.84. The average molecular weight is 283 g/mol. The summed E-state index contributed by atoms with van der Waals surface area (Å²) in [6.45, 7) is 3.37. The van der Waals surface area contributed by atoms with Crippen LogP contribution in [0.25, 0.3) is 0 Å². The molecule has 0 saturated heterocycles. The molecule has 4 nitrogen and oxygen atoms in total. The third-order valence-electron chi connectivity index (χ3n) is 3.15. The Labute approximate surface area is 125 Å². The Morgan fingerprint density at radius 2 is 1.90 bits per heavy atom. The largest absolute Gasteiger partial charge is 0.268 e. The topological polar surface area (TPSA) is 45.2 Å². The first-order valence-corrected chi connectivity index (χ1v) is 7.31. The summed E-state index contributed by atoms with van der Waals surface area (Å²) < 4.78 is 0. The maximum atomic E-state index is 12.6. The van der Waals surface area contributed by atoms with E-state index in [0.29, 0.717) is 12.1 Å². The monoisotopic (exact) mass is 283 g/mol. The van der Waals surface area contributed by atoms with E-state index in [0.717, 1.165) is 25.1 Å². The number of pyridine rings is 1. The van der Waals surface area contributed by atoms with E-state index in [2.05, 4.69) is 17.3 Å². The summed E-state index contributed by atoms with van der Waals surface area (Å²) in [5.74, 6) is -0.0302. The molecule has 0 saturated carbocycles. The standard InChI is InChI=1S/C17H21N3O/c1-2-3-13-19-20(14-16-11-7-8-12-18-16)17(21)15-9-5-4-6-10-15/h4-12,19H,2-3,13-14H2,1H3. The minimum atomic E-state index is -0.0302. The van der Waals surface area contributed by atoms with E-state index in [4.69, 9.17) is 0 Å². The van der Waals surface area contributed by atoms with Gasteiger partial charge < -0.3 is 0 Å². The van der Waals surface area contributed by atoms with Gasteiger partial charge in [0.2, 0.25) is 0 Å². The molecule has 0 aliphatic carbocycles. The van der Waals surface area contributed by atoms with Crippen LogP contribution in [0.3, 0.4) is 0 Å². The highest BCUT2D eigenvalue weighted by Gasteiger charge is 2.15. The van der Waals surface area contributed by atoms with E-state index < -0.39 is 0 Å². The molecule has 0 aliphatic rings. The van der Waals surface area contributed by atoms with Crippen LogP contribution in [0.2, 0.25) is 0 Å². The van der Waals surface area contributed by atoms with E-state index in [1.807, 2.05) is 48.5 Å². The van der Waals surface area contributed by atoms with Gasteiger partial charge in [0.05, 0.1) is 12.2 Å². The van der Waals surface area contributed by atoms with Crippen LogP contribution < -0.4 is 5.43 Å². The number of unbranched alkanes of at least 4 members (excludes halogenated alkanes) is 1. The van der Waals surface area contributed by atoms with Gasteiger partial charge >= 0.3 is 0 Å². The van der Waals surface area contributed by atoms with Crippen LogP contribution in [0.15, 0.2) is 54.7 Å². The van der Waals surface area contributed by atoms with E-state index in [9.17, 15) is 4.79 Å². The molecule has 0 bridgehead atoms. The molecule has 110 valence electrons. The lowest BCUT2D eigenvalue weighted by molar-refractivity contribution is 0.0636. The summed E-state index contributed by atoms with van der Waals surface area (Å²) >= 11 is 0. The molecule has 21 heavy (non-hydrogen) atoms. The van der Waals surface area contributed by atoms with Crippen LogP contribution in [0.4, 0.5) is 0 Å². The van der Waals surface area contributed by atoms with Crippen LogP contribution >= 0.6 is 0 Å². The fraction of sp³-hybridized carbons (Fsp3) is 0.294. The van der Waals surface area contributed by atoms with Crippen LogP contribution in [-0.4, -0.2) is 22.4 Å². The molecule has 0 unspecified atom stereocenters. The van der Waals surface area contributed by atoms with Crippen LogP contribution in [0.5, 0.6) is 0 Å². The van der Waals surface area contributed by atoms with E-state index >= 15 is 0 Å². The molecule has 0 radical (unpaired) electrons. The first-order valence-electron chi connectivity index (χ1n) is 7.31. The minimum absolute atomic E-state index is 0.0302. The van der Waals surface area contributed by atoms with Gasteiger partial charge in [-0.05, 0) is 30.7 Å². The second kappa shape index (κ2) is 8.17. The number of hydrazine groups is 1. The van der Waals surface area contributed by atoms with E-state index in [1.54, 1.807) is 11.2 Å². The Morgan fingerprint density at radius 3 is 2.57 bits per heavy atom.